The van der Waals surface area contributed by atoms with Crippen molar-refractivity contribution in [1.82, 2.24) is 0 Å². The van der Waals surface area contributed by atoms with E-state index >= 15 is 0 Å². The molecule has 0 amide bonds. The lowest BCUT2D eigenvalue weighted by atomic mass is 9.46. The van der Waals surface area contributed by atoms with Crippen molar-refractivity contribution in [2.75, 3.05) is 0 Å². The van der Waals surface area contributed by atoms with Crippen molar-refractivity contribution < 1.29 is 4.79 Å². The molecule has 5 rings (SSSR count). The van der Waals surface area contributed by atoms with Crippen LogP contribution in [0, 0.1) is 57.7 Å². The van der Waals surface area contributed by atoms with Gasteiger partial charge in [0.05, 0.1) is 11.5 Å². The fourth-order valence-electron chi connectivity index (χ4n) is 7.74. The molecular formula is C23H31NO. The summed E-state index contributed by atoms with van der Waals surface area (Å²) in [4.78, 5) is 12.0. The van der Waals surface area contributed by atoms with Gasteiger partial charge in [0.25, 0.3) is 0 Å². The second-order valence-corrected chi connectivity index (χ2v) is 10.3. The molecule has 25 heavy (non-hydrogen) atoms. The molecule has 7 atom stereocenters. The van der Waals surface area contributed by atoms with Gasteiger partial charge in [0.15, 0.2) is 5.78 Å². The molecule has 2 nitrogen and oxygen atoms in total. The van der Waals surface area contributed by atoms with Crippen LogP contribution in [0.15, 0.2) is 11.6 Å². The number of hydrogen-bond acceptors (Lipinski definition) is 2. The molecule has 134 valence electrons. The van der Waals surface area contributed by atoms with Crippen LogP contribution < -0.4 is 0 Å². The zero-order valence-electron chi connectivity index (χ0n) is 15.8. The number of rotatable bonds is 1. The third-order valence-electron chi connectivity index (χ3n) is 9.47. The molecule has 0 bridgehead atoms. The Balaban J connectivity index is 1.55. The van der Waals surface area contributed by atoms with Crippen LogP contribution in [0.3, 0.4) is 0 Å². The number of carbonyl (C=O) groups is 1. The SMILES string of the molecule is CC12CCC3C4CCC(=O)C=C4CC(C4CC4)C3C1CC[C@]2(C)C#N. The molecule has 2 heteroatoms. The molecule has 0 spiro atoms. The maximum Gasteiger partial charge on any atom is 0.155 e. The van der Waals surface area contributed by atoms with Crippen LogP contribution in [0.5, 0.6) is 0 Å². The smallest absolute Gasteiger partial charge is 0.155 e. The van der Waals surface area contributed by atoms with Crippen LogP contribution in [0.1, 0.15) is 71.6 Å². The number of nitrogens with zero attached hydrogens (tertiary/aromatic N) is 1. The molecule has 0 heterocycles. The van der Waals surface area contributed by atoms with E-state index in [1.54, 1.807) is 0 Å². The first-order valence-corrected chi connectivity index (χ1v) is 10.6. The lowest BCUT2D eigenvalue weighted by Crippen LogP contribution is -2.52. The summed E-state index contributed by atoms with van der Waals surface area (Å²) in [6.45, 7) is 4.69. The quantitative estimate of drug-likeness (QED) is 0.652. The highest BCUT2D eigenvalue weighted by Crippen LogP contribution is 2.70. The molecular weight excluding hydrogens is 306 g/mol. The van der Waals surface area contributed by atoms with Gasteiger partial charge in [-0.2, -0.15) is 5.26 Å². The minimum atomic E-state index is -0.130. The lowest BCUT2D eigenvalue weighted by molar-refractivity contribution is -0.116. The van der Waals surface area contributed by atoms with Crippen molar-refractivity contribution in [3.8, 4) is 6.07 Å². The van der Waals surface area contributed by atoms with Crippen molar-refractivity contribution in [1.29, 1.82) is 5.26 Å². The zero-order valence-corrected chi connectivity index (χ0v) is 15.8. The summed E-state index contributed by atoms with van der Waals surface area (Å²) in [5.74, 6) is 5.09. The molecule has 0 aromatic carbocycles. The Morgan fingerprint density at radius 3 is 2.60 bits per heavy atom. The topological polar surface area (TPSA) is 40.9 Å². The molecule has 0 aromatic heterocycles. The van der Waals surface area contributed by atoms with Crippen LogP contribution in [0.25, 0.3) is 0 Å². The summed E-state index contributed by atoms with van der Waals surface area (Å²) in [5, 5.41) is 9.93. The van der Waals surface area contributed by atoms with Crippen molar-refractivity contribution in [3.63, 3.8) is 0 Å². The standard InChI is InChI=1S/C23H31NO/c1-22(13-24)9-8-20-21-18(7-10-23(20,22)2)17-6-5-16(25)11-15(17)12-19(21)14-3-4-14/h11,14,17-21H,3-10,12H2,1-2H3/t17?,18?,19?,20?,21?,22-,23?/m1/s1. The van der Waals surface area contributed by atoms with E-state index in [1.165, 1.54) is 44.1 Å². The third kappa shape index (κ3) is 2.11. The number of fused-ring (bicyclic) bond motifs is 5. The number of carbonyl (C=O) groups excluding carboxylic acids is 1. The van der Waals surface area contributed by atoms with E-state index in [4.69, 9.17) is 0 Å². The van der Waals surface area contributed by atoms with Gasteiger partial charge >= 0.3 is 0 Å². The highest BCUT2D eigenvalue weighted by Gasteiger charge is 2.63. The minimum absolute atomic E-state index is 0.130. The molecule has 4 fully saturated rings. The monoisotopic (exact) mass is 337 g/mol. The predicted molar refractivity (Wildman–Crippen MR) is 97.4 cm³/mol. The zero-order chi connectivity index (χ0) is 17.4. The summed E-state index contributed by atoms with van der Waals surface area (Å²) in [6, 6.07) is 2.74. The number of hydrogen-bond donors (Lipinski definition) is 0. The normalized spacial score (nSPS) is 51.8. The van der Waals surface area contributed by atoms with E-state index in [-0.39, 0.29) is 10.8 Å². The Kier molecular flexibility index (Phi) is 3.36. The summed E-state index contributed by atoms with van der Waals surface area (Å²) < 4.78 is 0. The minimum Gasteiger partial charge on any atom is -0.295 e. The predicted octanol–water partition coefficient (Wildman–Crippen LogP) is 5.29. The molecule has 0 N–H and O–H groups in total. The van der Waals surface area contributed by atoms with Crippen LogP contribution >= 0.6 is 0 Å². The van der Waals surface area contributed by atoms with Crippen LogP contribution in [0.4, 0.5) is 0 Å². The van der Waals surface area contributed by atoms with E-state index in [0.717, 1.165) is 48.9 Å². The second kappa shape index (κ2) is 5.21. The lowest BCUT2D eigenvalue weighted by Gasteiger charge is -2.57. The highest BCUT2D eigenvalue weighted by molar-refractivity contribution is 5.91. The fourth-order valence-corrected chi connectivity index (χ4v) is 7.74. The van der Waals surface area contributed by atoms with Crippen molar-refractivity contribution in [2.24, 2.45) is 46.3 Å². The Bertz CT molecular complexity index is 683. The fraction of sp³-hybridized carbons (Fsp3) is 0.826. The van der Waals surface area contributed by atoms with Crippen LogP contribution in [-0.4, -0.2) is 5.78 Å². The third-order valence-corrected chi connectivity index (χ3v) is 9.47. The van der Waals surface area contributed by atoms with Crippen molar-refractivity contribution in [2.45, 2.75) is 71.6 Å². The van der Waals surface area contributed by atoms with Gasteiger partial charge in [-0.3, -0.25) is 4.79 Å². The van der Waals surface area contributed by atoms with E-state index < -0.39 is 0 Å². The molecule has 0 radical (unpaired) electrons. The first kappa shape index (κ1) is 16.1. The van der Waals surface area contributed by atoms with Gasteiger partial charge in [0.1, 0.15) is 0 Å². The number of allylic oxidation sites excluding steroid dienone is 1. The molecule has 0 aromatic rings. The number of ketones is 1. The van der Waals surface area contributed by atoms with E-state index in [0.29, 0.717) is 11.7 Å². The summed E-state index contributed by atoms with van der Waals surface area (Å²) in [7, 11) is 0. The van der Waals surface area contributed by atoms with Crippen molar-refractivity contribution in [3.05, 3.63) is 11.6 Å². The van der Waals surface area contributed by atoms with Crippen LogP contribution in [-0.2, 0) is 4.79 Å². The molecule has 0 aliphatic heterocycles. The highest BCUT2D eigenvalue weighted by atomic mass is 16.1. The Labute approximate surface area is 152 Å². The maximum atomic E-state index is 12.0. The molecule has 5 aliphatic carbocycles. The van der Waals surface area contributed by atoms with E-state index in [2.05, 4.69) is 19.9 Å². The van der Waals surface area contributed by atoms with Gasteiger partial charge in [0, 0.05) is 6.42 Å². The van der Waals surface area contributed by atoms with Gasteiger partial charge in [-0.15, -0.1) is 0 Å². The largest absolute Gasteiger partial charge is 0.295 e. The van der Waals surface area contributed by atoms with E-state index in [9.17, 15) is 10.1 Å². The first-order chi connectivity index (χ1) is 12.0. The van der Waals surface area contributed by atoms with Crippen molar-refractivity contribution >= 4 is 5.78 Å². The van der Waals surface area contributed by atoms with Gasteiger partial charge < -0.3 is 0 Å². The molecule has 4 saturated carbocycles. The van der Waals surface area contributed by atoms with Gasteiger partial charge in [-0.1, -0.05) is 12.5 Å². The number of nitriles is 1. The summed E-state index contributed by atoms with van der Waals surface area (Å²) >= 11 is 0. The van der Waals surface area contributed by atoms with Gasteiger partial charge in [0.2, 0.25) is 0 Å². The molecule has 0 saturated heterocycles. The first-order valence-electron chi connectivity index (χ1n) is 10.6. The average molecular weight is 338 g/mol. The summed E-state index contributed by atoms with van der Waals surface area (Å²) in [5.41, 5.74) is 1.59. The Morgan fingerprint density at radius 1 is 1.08 bits per heavy atom. The average Bonchev–Trinajstić information content (AvgIpc) is 3.40. The maximum absolute atomic E-state index is 12.0. The Morgan fingerprint density at radius 2 is 1.88 bits per heavy atom. The summed E-state index contributed by atoms with van der Waals surface area (Å²) in [6.07, 6.45) is 12.8. The Hall–Kier alpha value is -1.10. The molecule has 6 unspecified atom stereocenters. The van der Waals surface area contributed by atoms with Crippen LogP contribution in [0.2, 0.25) is 0 Å². The van der Waals surface area contributed by atoms with Gasteiger partial charge in [-0.05, 0) is 105 Å². The van der Waals surface area contributed by atoms with E-state index in [1.807, 2.05) is 6.08 Å². The van der Waals surface area contributed by atoms with Gasteiger partial charge in [-0.25, -0.2) is 0 Å². The molecule has 5 aliphatic rings. The second-order valence-electron chi connectivity index (χ2n) is 10.3.